The summed E-state index contributed by atoms with van der Waals surface area (Å²) in [5.74, 6) is 1.31. The summed E-state index contributed by atoms with van der Waals surface area (Å²) >= 11 is 2.85. The lowest BCUT2D eigenvalue weighted by Gasteiger charge is -2.31. The monoisotopic (exact) mass is 478 g/mol. The zero-order chi connectivity index (χ0) is 22.3. The maximum Gasteiger partial charge on any atom is 0.321 e. The molecule has 4 rings (SSSR count). The Kier molecular flexibility index (Phi) is 8.04. The second-order valence-electron chi connectivity index (χ2n) is 8.30. The Balaban J connectivity index is 1.34. The number of anilines is 1. The van der Waals surface area contributed by atoms with Crippen LogP contribution < -0.4 is 15.5 Å². The van der Waals surface area contributed by atoms with Crippen LogP contribution in [-0.2, 0) is 22.6 Å². The summed E-state index contributed by atoms with van der Waals surface area (Å²) < 4.78 is 7.92. The maximum absolute atomic E-state index is 12.3. The third-order valence-electron chi connectivity index (χ3n) is 5.76. The highest BCUT2D eigenvalue weighted by molar-refractivity contribution is 7.99. The van der Waals surface area contributed by atoms with Gasteiger partial charge in [-0.3, -0.25) is 14.7 Å². The number of thiophene rings is 1. The molecule has 0 bridgehead atoms. The molecule has 174 valence electrons. The van der Waals surface area contributed by atoms with Crippen molar-refractivity contribution in [3.63, 3.8) is 0 Å². The molecule has 2 aliphatic heterocycles. The van der Waals surface area contributed by atoms with E-state index in [1.54, 1.807) is 11.3 Å². The molecule has 0 saturated carbocycles. The van der Waals surface area contributed by atoms with Crippen LogP contribution in [0, 0.1) is 5.92 Å². The number of hydrogen-bond donors (Lipinski definition) is 2. The van der Waals surface area contributed by atoms with E-state index in [-0.39, 0.29) is 17.8 Å². The molecule has 1 atom stereocenters. The maximum atomic E-state index is 12.3. The summed E-state index contributed by atoms with van der Waals surface area (Å²) in [5, 5.41) is 16.5. The van der Waals surface area contributed by atoms with Crippen LogP contribution in [-0.4, -0.2) is 58.3 Å². The fourth-order valence-electron chi connectivity index (χ4n) is 3.90. The minimum absolute atomic E-state index is 0.0904. The molecule has 32 heavy (non-hydrogen) atoms. The predicted octanol–water partition coefficient (Wildman–Crippen LogP) is 2.87. The summed E-state index contributed by atoms with van der Waals surface area (Å²) in [4.78, 5) is 27.6. The van der Waals surface area contributed by atoms with E-state index in [2.05, 4.69) is 37.2 Å². The number of urea groups is 1. The number of amides is 3. The highest BCUT2D eigenvalue weighted by atomic mass is 32.2. The SMILES string of the molecule is CC1CCN(c2nnc(SCC(=O)NC(=O)NCc3cccs3)n2CC2CCCO2)CC1. The normalized spacial score (nSPS) is 19.3. The molecule has 0 aliphatic carbocycles. The van der Waals surface area contributed by atoms with E-state index in [4.69, 9.17) is 4.74 Å². The molecule has 4 heterocycles. The number of carbonyl (C=O) groups excluding carboxylic acids is 2. The van der Waals surface area contributed by atoms with Gasteiger partial charge in [-0.05, 0) is 43.0 Å². The smallest absolute Gasteiger partial charge is 0.321 e. The summed E-state index contributed by atoms with van der Waals surface area (Å²) in [7, 11) is 0. The molecule has 2 aromatic heterocycles. The van der Waals surface area contributed by atoms with Crippen molar-refractivity contribution in [1.82, 2.24) is 25.4 Å². The minimum atomic E-state index is -0.493. The van der Waals surface area contributed by atoms with Gasteiger partial charge in [0, 0.05) is 24.6 Å². The molecule has 2 aromatic rings. The van der Waals surface area contributed by atoms with E-state index < -0.39 is 6.03 Å². The molecular weight excluding hydrogens is 448 g/mol. The quantitative estimate of drug-likeness (QED) is 0.563. The van der Waals surface area contributed by atoms with E-state index in [1.807, 2.05) is 17.5 Å². The molecule has 2 fully saturated rings. The predicted molar refractivity (Wildman–Crippen MR) is 125 cm³/mol. The zero-order valence-electron chi connectivity index (χ0n) is 18.3. The summed E-state index contributed by atoms with van der Waals surface area (Å²) in [6.07, 6.45) is 4.50. The zero-order valence-corrected chi connectivity index (χ0v) is 19.9. The summed E-state index contributed by atoms with van der Waals surface area (Å²) in [6.45, 7) is 6.07. The molecule has 2 N–H and O–H groups in total. The van der Waals surface area contributed by atoms with Crippen LogP contribution >= 0.6 is 23.1 Å². The largest absolute Gasteiger partial charge is 0.376 e. The molecule has 2 aliphatic rings. The van der Waals surface area contributed by atoms with Crippen molar-refractivity contribution in [2.45, 2.75) is 57.0 Å². The van der Waals surface area contributed by atoms with Crippen molar-refractivity contribution in [1.29, 1.82) is 0 Å². The first-order valence-corrected chi connectivity index (χ1v) is 13.0. The minimum Gasteiger partial charge on any atom is -0.376 e. The average Bonchev–Trinajstić information content (AvgIpc) is 3.55. The molecular formula is C21H30N6O3S2. The van der Waals surface area contributed by atoms with Gasteiger partial charge >= 0.3 is 6.03 Å². The van der Waals surface area contributed by atoms with Crippen molar-refractivity contribution >= 4 is 41.0 Å². The lowest BCUT2D eigenvalue weighted by molar-refractivity contribution is -0.117. The van der Waals surface area contributed by atoms with E-state index in [0.717, 1.165) is 62.1 Å². The van der Waals surface area contributed by atoms with Gasteiger partial charge in [0.1, 0.15) is 0 Å². The Hall–Kier alpha value is -2.11. The Labute approximate surface area is 196 Å². The second kappa shape index (κ2) is 11.2. The van der Waals surface area contributed by atoms with Crippen molar-refractivity contribution in [2.75, 3.05) is 30.3 Å². The highest BCUT2D eigenvalue weighted by Crippen LogP contribution is 2.28. The topological polar surface area (TPSA) is 101 Å². The standard InChI is InChI=1S/C21H30N6O3S2/c1-15-6-8-26(9-7-15)20-24-25-21(27(20)13-16-4-2-10-30-16)32-14-18(28)23-19(29)22-12-17-5-3-11-31-17/h3,5,11,15-16H,2,4,6-10,12-14H2,1H3,(H2,22,23,28,29). The number of ether oxygens (including phenoxy) is 1. The Morgan fingerprint density at radius 3 is 2.84 bits per heavy atom. The van der Waals surface area contributed by atoms with Crippen molar-refractivity contribution in [3.8, 4) is 0 Å². The number of nitrogens with zero attached hydrogens (tertiary/aromatic N) is 4. The number of hydrogen-bond acceptors (Lipinski definition) is 8. The van der Waals surface area contributed by atoms with Gasteiger partial charge in [0.15, 0.2) is 5.16 Å². The third-order valence-corrected chi connectivity index (χ3v) is 7.61. The number of imide groups is 1. The number of nitrogens with one attached hydrogen (secondary N) is 2. The average molecular weight is 479 g/mol. The lowest BCUT2D eigenvalue weighted by Crippen LogP contribution is -2.39. The van der Waals surface area contributed by atoms with E-state index in [1.165, 1.54) is 11.8 Å². The van der Waals surface area contributed by atoms with Crippen LogP contribution in [0.5, 0.6) is 0 Å². The molecule has 0 radical (unpaired) electrons. The summed E-state index contributed by atoms with van der Waals surface area (Å²) in [5.41, 5.74) is 0. The van der Waals surface area contributed by atoms with Crippen LogP contribution in [0.25, 0.3) is 0 Å². The number of rotatable bonds is 8. The van der Waals surface area contributed by atoms with Crippen molar-refractivity contribution in [2.24, 2.45) is 5.92 Å². The lowest BCUT2D eigenvalue weighted by atomic mass is 10.00. The van der Waals surface area contributed by atoms with Crippen molar-refractivity contribution in [3.05, 3.63) is 22.4 Å². The van der Waals surface area contributed by atoms with Crippen LogP contribution in [0.2, 0.25) is 0 Å². The molecule has 0 spiro atoms. The molecule has 11 heteroatoms. The van der Waals surface area contributed by atoms with Gasteiger partial charge in [0.25, 0.3) is 0 Å². The van der Waals surface area contributed by atoms with Gasteiger partial charge < -0.3 is 15.0 Å². The van der Waals surface area contributed by atoms with Gasteiger partial charge in [-0.2, -0.15) is 0 Å². The Bertz CT molecular complexity index is 889. The number of carbonyl (C=O) groups is 2. The van der Waals surface area contributed by atoms with Crippen LogP contribution in [0.1, 0.15) is 37.5 Å². The van der Waals surface area contributed by atoms with Crippen LogP contribution in [0.15, 0.2) is 22.7 Å². The molecule has 2 saturated heterocycles. The fourth-order valence-corrected chi connectivity index (χ4v) is 5.29. The van der Waals surface area contributed by atoms with E-state index >= 15 is 0 Å². The molecule has 0 aromatic carbocycles. The Morgan fingerprint density at radius 2 is 2.12 bits per heavy atom. The van der Waals surface area contributed by atoms with Crippen LogP contribution in [0.4, 0.5) is 10.7 Å². The van der Waals surface area contributed by atoms with E-state index in [9.17, 15) is 9.59 Å². The Morgan fingerprint density at radius 1 is 1.28 bits per heavy atom. The fraction of sp³-hybridized carbons (Fsp3) is 0.619. The van der Waals surface area contributed by atoms with Gasteiger partial charge in [-0.25, -0.2) is 4.79 Å². The highest BCUT2D eigenvalue weighted by Gasteiger charge is 2.26. The molecule has 9 nitrogen and oxygen atoms in total. The van der Waals surface area contributed by atoms with Gasteiger partial charge in [0.2, 0.25) is 11.9 Å². The van der Waals surface area contributed by atoms with Gasteiger partial charge in [0.05, 0.1) is 24.9 Å². The molecule has 1 unspecified atom stereocenters. The van der Waals surface area contributed by atoms with Crippen molar-refractivity contribution < 1.29 is 14.3 Å². The second-order valence-corrected chi connectivity index (χ2v) is 10.3. The van der Waals surface area contributed by atoms with Gasteiger partial charge in [-0.1, -0.05) is 24.8 Å². The number of aromatic nitrogens is 3. The number of piperidine rings is 1. The number of thioether (sulfide) groups is 1. The summed E-state index contributed by atoms with van der Waals surface area (Å²) in [6, 6.07) is 3.37. The van der Waals surface area contributed by atoms with E-state index in [0.29, 0.717) is 18.2 Å². The first kappa shape index (κ1) is 23.1. The first-order valence-electron chi connectivity index (χ1n) is 11.1. The molecule has 3 amide bonds. The van der Waals surface area contributed by atoms with Crippen LogP contribution in [0.3, 0.4) is 0 Å². The van der Waals surface area contributed by atoms with Gasteiger partial charge in [-0.15, -0.1) is 21.5 Å². The third kappa shape index (κ3) is 6.23. The first-order chi connectivity index (χ1) is 15.6.